The van der Waals surface area contributed by atoms with Crippen LogP contribution in [-0.2, 0) is 0 Å². The fourth-order valence-corrected chi connectivity index (χ4v) is 2.50. The lowest BCUT2D eigenvalue weighted by atomic mass is 10.1. The van der Waals surface area contributed by atoms with Crippen LogP contribution in [0.25, 0.3) is 11.3 Å². The van der Waals surface area contributed by atoms with Gasteiger partial charge in [0.25, 0.3) is 0 Å². The number of nitrogens with zero attached hydrogens (tertiary/aromatic N) is 3. The van der Waals surface area contributed by atoms with Crippen molar-refractivity contribution in [2.75, 3.05) is 5.43 Å². The van der Waals surface area contributed by atoms with Crippen LogP contribution in [0.5, 0.6) is 0 Å². The molecular formula is C18H15BrN4. The molecule has 5 heteroatoms. The van der Waals surface area contributed by atoms with Gasteiger partial charge in [-0.3, -0.25) is 0 Å². The summed E-state index contributed by atoms with van der Waals surface area (Å²) in [6, 6.07) is 19.8. The van der Waals surface area contributed by atoms with Crippen molar-refractivity contribution < 1.29 is 0 Å². The third-order valence-corrected chi connectivity index (χ3v) is 3.92. The Morgan fingerprint density at radius 1 is 1.00 bits per heavy atom. The van der Waals surface area contributed by atoms with Gasteiger partial charge in [-0.2, -0.15) is 5.10 Å². The van der Waals surface area contributed by atoms with Crippen molar-refractivity contribution in [2.24, 2.45) is 5.10 Å². The normalized spacial score (nSPS) is 10.9. The lowest BCUT2D eigenvalue weighted by Crippen LogP contribution is -2.00. The Balaban J connectivity index is 1.81. The monoisotopic (exact) mass is 366 g/mol. The number of halogens is 1. The van der Waals surface area contributed by atoms with Crippen molar-refractivity contribution in [2.45, 2.75) is 6.92 Å². The average molecular weight is 367 g/mol. The van der Waals surface area contributed by atoms with E-state index in [-0.39, 0.29) is 0 Å². The molecule has 1 N–H and O–H groups in total. The zero-order chi connectivity index (χ0) is 16.1. The molecule has 0 aliphatic heterocycles. The molecule has 0 atom stereocenters. The van der Waals surface area contributed by atoms with Gasteiger partial charge in [0.2, 0.25) is 5.95 Å². The minimum Gasteiger partial charge on any atom is -0.245 e. The number of nitrogens with one attached hydrogen (secondary N) is 1. The summed E-state index contributed by atoms with van der Waals surface area (Å²) in [5.74, 6) is 0.479. The first-order valence-electron chi connectivity index (χ1n) is 7.17. The molecule has 3 aromatic rings. The maximum atomic E-state index is 4.51. The molecule has 3 rings (SSSR count). The number of benzene rings is 2. The van der Waals surface area contributed by atoms with E-state index in [1.165, 1.54) is 0 Å². The van der Waals surface area contributed by atoms with Gasteiger partial charge in [-0.15, -0.1) is 0 Å². The van der Waals surface area contributed by atoms with E-state index in [2.05, 4.69) is 36.4 Å². The molecule has 0 radical (unpaired) electrons. The first-order valence-corrected chi connectivity index (χ1v) is 7.96. The predicted molar refractivity (Wildman–Crippen MR) is 97.6 cm³/mol. The number of hydrogen-bond acceptors (Lipinski definition) is 4. The molecular weight excluding hydrogens is 352 g/mol. The van der Waals surface area contributed by atoms with Gasteiger partial charge < -0.3 is 0 Å². The number of anilines is 1. The van der Waals surface area contributed by atoms with Gasteiger partial charge in [0.15, 0.2) is 0 Å². The molecule has 0 bridgehead atoms. The SMILES string of the molecule is Cc1cc(-c2ccccc2)nc(N/N=C/c2ccccc2Br)n1. The van der Waals surface area contributed by atoms with E-state index in [9.17, 15) is 0 Å². The minimum atomic E-state index is 0.479. The third-order valence-electron chi connectivity index (χ3n) is 3.20. The second-order valence-corrected chi connectivity index (χ2v) is 5.83. The molecule has 2 aromatic carbocycles. The Labute approximate surface area is 143 Å². The molecule has 114 valence electrons. The summed E-state index contributed by atoms with van der Waals surface area (Å²) in [5, 5.41) is 4.22. The van der Waals surface area contributed by atoms with Gasteiger partial charge >= 0.3 is 0 Å². The summed E-state index contributed by atoms with van der Waals surface area (Å²) >= 11 is 3.49. The van der Waals surface area contributed by atoms with Crippen molar-refractivity contribution in [1.29, 1.82) is 0 Å². The second-order valence-electron chi connectivity index (χ2n) is 4.98. The van der Waals surface area contributed by atoms with E-state index in [0.29, 0.717) is 5.95 Å². The van der Waals surface area contributed by atoms with Crippen LogP contribution in [-0.4, -0.2) is 16.2 Å². The van der Waals surface area contributed by atoms with Crippen molar-refractivity contribution in [3.63, 3.8) is 0 Å². The Bertz CT molecular complexity index is 831. The van der Waals surface area contributed by atoms with Gasteiger partial charge in [-0.1, -0.05) is 64.5 Å². The quantitative estimate of drug-likeness (QED) is 0.539. The maximum absolute atomic E-state index is 4.51. The summed E-state index contributed by atoms with van der Waals surface area (Å²) in [6.45, 7) is 1.94. The third kappa shape index (κ3) is 4.02. The first kappa shape index (κ1) is 15.4. The molecule has 0 fully saturated rings. The van der Waals surface area contributed by atoms with Crippen molar-refractivity contribution in [3.8, 4) is 11.3 Å². The van der Waals surface area contributed by atoms with Crippen LogP contribution in [0.3, 0.4) is 0 Å². The molecule has 0 saturated heterocycles. The van der Waals surface area contributed by atoms with Crippen molar-refractivity contribution in [1.82, 2.24) is 9.97 Å². The van der Waals surface area contributed by atoms with Gasteiger partial charge in [0, 0.05) is 21.3 Å². The van der Waals surface area contributed by atoms with E-state index in [4.69, 9.17) is 0 Å². The van der Waals surface area contributed by atoms with Gasteiger partial charge in [0.1, 0.15) is 0 Å². The minimum absolute atomic E-state index is 0.479. The number of aryl methyl sites for hydroxylation is 1. The van der Waals surface area contributed by atoms with E-state index in [1.807, 2.05) is 67.6 Å². The standard InChI is InChI=1S/C18H15BrN4/c1-13-11-17(14-7-3-2-4-8-14)22-18(21-13)23-20-12-15-9-5-6-10-16(15)19/h2-12H,1H3,(H,21,22,23)/b20-12+. The fourth-order valence-electron chi connectivity index (χ4n) is 2.11. The van der Waals surface area contributed by atoms with E-state index < -0.39 is 0 Å². The molecule has 0 aliphatic rings. The van der Waals surface area contributed by atoms with Crippen molar-refractivity contribution in [3.05, 3.63) is 76.4 Å². The van der Waals surface area contributed by atoms with E-state index >= 15 is 0 Å². The number of hydrogen-bond donors (Lipinski definition) is 1. The highest BCUT2D eigenvalue weighted by atomic mass is 79.9. The maximum Gasteiger partial charge on any atom is 0.244 e. The molecule has 0 saturated carbocycles. The van der Waals surface area contributed by atoms with Gasteiger partial charge in [0.05, 0.1) is 11.9 Å². The van der Waals surface area contributed by atoms with Crippen LogP contribution in [0.2, 0.25) is 0 Å². The zero-order valence-corrected chi connectivity index (χ0v) is 14.2. The summed E-state index contributed by atoms with van der Waals surface area (Å²) < 4.78 is 0.987. The Kier molecular flexibility index (Phi) is 4.78. The van der Waals surface area contributed by atoms with Crippen molar-refractivity contribution >= 4 is 28.1 Å². The summed E-state index contributed by atoms with van der Waals surface area (Å²) in [5.41, 5.74) is 6.69. The van der Waals surface area contributed by atoms with E-state index in [0.717, 1.165) is 27.0 Å². The Morgan fingerprint density at radius 3 is 2.52 bits per heavy atom. The first-order chi connectivity index (χ1) is 11.2. The lowest BCUT2D eigenvalue weighted by molar-refractivity contribution is 1.08. The molecule has 4 nitrogen and oxygen atoms in total. The van der Waals surface area contributed by atoms with Crippen LogP contribution >= 0.6 is 15.9 Å². The van der Waals surface area contributed by atoms with Crippen LogP contribution in [0.4, 0.5) is 5.95 Å². The molecule has 0 spiro atoms. The second kappa shape index (κ2) is 7.15. The molecule has 1 aromatic heterocycles. The van der Waals surface area contributed by atoms with Crippen LogP contribution in [0, 0.1) is 6.92 Å². The lowest BCUT2D eigenvalue weighted by Gasteiger charge is -2.05. The molecule has 0 amide bonds. The Morgan fingerprint density at radius 2 is 1.74 bits per heavy atom. The summed E-state index contributed by atoms with van der Waals surface area (Å²) in [4.78, 5) is 8.88. The largest absolute Gasteiger partial charge is 0.245 e. The predicted octanol–water partition coefficient (Wildman–Crippen LogP) is 4.66. The number of aromatic nitrogens is 2. The van der Waals surface area contributed by atoms with Gasteiger partial charge in [-0.25, -0.2) is 15.4 Å². The topological polar surface area (TPSA) is 50.2 Å². The van der Waals surface area contributed by atoms with Crippen LogP contribution in [0.1, 0.15) is 11.3 Å². The molecule has 1 heterocycles. The number of rotatable bonds is 4. The van der Waals surface area contributed by atoms with E-state index in [1.54, 1.807) is 6.21 Å². The smallest absolute Gasteiger partial charge is 0.244 e. The molecule has 0 aliphatic carbocycles. The van der Waals surface area contributed by atoms with Crippen LogP contribution < -0.4 is 5.43 Å². The number of hydrazone groups is 1. The Hall–Kier alpha value is -2.53. The average Bonchev–Trinajstić information content (AvgIpc) is 2.57. The summed E-state index contributed by atoms with van der Waals surface area (Å²) in [6.07, 6.45) is 1.73. The summed E-state index contributed by atoms with van der Waals surface area (Å²) in [7, 11) is 0. The van der Waals surface area contributed by atoms with Crippen LogP contribution in [0.15, 0.2) is 70.2 Å². The molecule has 0 unspecified atom stereocenters. The zero-order valence-electron chi connectivity index (χ0n) is 12.6. The molecule has 23 heavy (non-hydrogen) atoms. The van der Waals surface area contributed by atoms with Gasteiger partial charge in [-0.05, 0) is 19.1 Å². The fraction of sp³-hybridized carbons (Fsp3) is 0.0556. The highest BCUT2D eigenvalue weighted by Gasteiger charge is 2.03. The highest BCUT2D eigenvalue weighted by Crippen LogP contribution is 2.19. The highest BCUT2D eigenvalue weighted by molar-refractivity contribution is 9.10.